The third-order valence-electron chi connectivity index (χ3n) is 3.24. The Morgan fingerprint density at radius 3 is 2.64 bits per heavy atom. The molecule has 0 atom stereocenters. The van der Waals surface area contributed by atoms with Crippen LogP contribution in [0.5, 0.6) is 5.75 Å². The van der Waals surface area contributed by atoms with Crippen molar-refractivity contribution in [3.05, 3.63) is 54.4 Å². The quantitative estimate of drug-likeness (QED) is 0.597. The maximum absolute atomic E-state index is 12.1. The van der Waals surface area contributed by atoms with E-state index in [0.717, 1.165) is 11.8 Å². The topological polar surface area (TPSA) is 107 Å². The van der Waals surface area contributed by atoms with E-state index in [1.54, 1.807) is 24.5 Å². The first-order chi connectivity index (χ1) is 13.5. The maximum Gasteiger partial charge on any atom is 0.387 e. The number of ether oxygens (including phenoxy) is 1. The molecule has 0 saturated heterocycles. The summed E-state index contributed by atoms with van der Waals surface area (Å²) in [4.78, 5) is 27.9. The summed E-state index contributed by atoms with van der Waals surface area (Å²) in [5, 5.41) is 10.0. The Balaban J connectivity index is 1.50. The molecule has 11 heteroatoms. The molecule has 0 spiro atoms. The summed E-state index contributed by atoms with van der Waals surface area (Å²) in [5.41, 5.74) is 0.761. The number of alkyl halides is 2. The van der Waals surface area contributed by atoms with E-state index in [1.165, 1.54) is 24.3 Å². The number of imide groups is 1. The van der Waals surface area contributed by atoms with Crippen LogP contribution in [-0.2, 0) is 4.79 Å². The predicted molar refractivity (Wildman–Crippen MR) is 93.8 cm³/mol. The number of aromatic nitrogens is 3. The second-order valence-corrected chi connectivity index (χ2v) is 6.11. The van der Waals surface area contributed by atoms with E-state index in [-0.39, 0.29) is 28.2 Å². The lowest BCUT2D eigenvalue weighted by atomic mass is 10.2. The summed E-state index contributed by atoms with van der Waals surface area (Å²) in [6.45, 7) is -2.96. The number of hydrogen-bond donors (Lipinski definition) is 1. The minimum absolute atomic E-state index is 0.0887. The third kappa shape index (κ3) is 5.33. The number of hydrogen-bond acceptors (Lipinski definition) is 8. The lowest BCUT2D eigenvalue weighted by molar-refractivity contribution is -0.117. The highest BCUT2D eigenvalue weighted by molar-refractivity contribution is 7.99. The summed E-state index contributed by atoms with van der Waals surface area (Å²) >= 11 is 0.962. The van der Waals surface area contributed by atoms with Crippen LogP contribution in [-0.4, -0.2) is 39.4 Å². The molecule has 0 aliphatic heterocycles. The van der Waals surface area contributed by atoms with Gasteiger partial charge in [-0.05, 0) is 36.4 Å². The normalized spacial score (nSPS) is 10.7. The van der Waals surface area contributed by atoms with E-state index in [2.05, 4.69) is 25.2 Å². The van der Waals surface area contributed by atoms with Gasteiger partial charge in [0, 0.05) is 18.0 Å². The first kappa shape index (κ1) is 19.4. The van der Waals surface area contributed by atoms with E-state index in [1.807, 2.05) is 0 Å². The molecule has 3 rings (SSSR count). The summed E-state index contributed by atoms with van der Waals surface area (Å²) in [6, 6.07) is 8.42. The van der Waals surface area contributed by atoms with Gasteiger partial charge < -0.3 is 9.15 Å². The Kier molecular flexibility index (Phi) is 6.27. The molecule has 0 radical (unpaired) electrons. The summed E-state index contributed by atoms with van der Waals surface area (Å²) in [7, 11) is 0. The molecule has 0 unspecified atom stereocenters. The van der Waals surface area contributed by atoms with Crippen molar-refractivity contribution in [2.75, 3.05) is 5.75 Å². The summed E-state index contributed by atoms with van der Waals surface area (Å²) in [5.74, 6) is -1.21. The molecular formula is C17H12F2N4O4S. The highest BCUT2D eigenvalue weighted by atomic mass is 32.2. The molecule has 2 heterocycles. The molecule has 0 bridgehead atoms. The number of carbonyl (C=O) groups excluding carboxylic acids is 2. The number of nitrogens with zero attached hydrogens (tertiary/aromatic N) is 3. The van der Waals surface area contributed by atoms with E-state index < -0.39 is 18.4 Å². The smallest absolute Gasteiger partial charge is 0.387 e. The second-order valence-electron chi connectivity index (χ2n) is 5.18. The molecule has 28 heavy (non-hydrogen) atoms. The number of amides is 2. The molecule has 2 amide bonds. The van der Waals surface area contributed by atoms with Crippen LogP contribution in [0, 0.1) is 0 Å². The zero-order chi connectivity index (χ0) is 19.9. The van der Waals surface area contributed by atoms with E-state index in [4.69, 9.17) is 4.42 Å². The Bertz CT molecular complexity index is 951. The van der Waals surface area contributed by atoms with Crippen LogP contribution in [0.2, 0.25) is 0 Å². The van der Waals surface area contributed by atoms with Gasteiger partial charge in [0.2, 0.25) is 11.8 Å². The monoisotopic (exact) mass is 406 g/mol. The Morgan fingerprint density at radius 1 is 1.18 bits per heavy atom. The van der Waals surface area contributed by atoms with E-state index in [0.29, 0.717) is 5.56 Å². The number of thioether (sulfide) groups is 1. The predicted octanol–water partition coefficient (Wildman–Crippen LogP) is 2.78. The van der Waals surface area contributed by atoms with Crippen LogP contribution in [0.1, 0.15) is 10.4 Å². The molecule has 0 saturated carbocycles. The molecule has 0 fully saturated rings. The van der Waals surface area contributed by atoms with Crippen molar-refractivity contribution in [3.63, 3.8) is 0 Å². The average molecular weight is 406 g/mol. The molecule has 3 aromatic rings. The standard InChI is InChI=1S/C17H12F2N4O4S/c18-16(19)26-12-5-3-10(4-6-12)14(25)21-13(24)9-28-17-23-22-15(27-17)11-2-1-7-20-8-11/h1-8,16H,9H2,(H,21,24,25). The third-order valence-corrected chi connectivity index (χ3v) is 4.05. The number of pyridine rings is 1. The van der Waals surface area contributed by atoms with Gasteiger partial charge in [-0.15, -0.1) is 10.2 Å². The lowest BCUT2D eigenvalue weighted by Crippen LogP contribution is -2.31. The largest absolute Gasteiger partial charge is 0.435 e. The highest BCUT2D eigenvalue weighted by Gasteiger charge is 2.14. The molecule has 1 aromatic carbocycles. The molecule has 1 N–H and O–H groups in total. The van der Waals surface area contributed by atoms with E-state index in [9.17, 15) is 18.4 Å². The van der Waals surface area contributed by atoms with Crippen LogP contribution in [0.25, 0.3) is 11.5 Å². The Morgan fingerprint density at radius 2 is 1.96 bits per heavy atom. The van der Waals surface area contributed by atoms with Crippen molar-refractivity contribution in [3.8, 4) is 17.2 Å². The fourth-order valence-electron chi connectivity index (χ4n) is 2.02. The van der Waals surface area contributed by atoms with Crippen molar-refractivity contribution in [2.45, 2.75) is 11.8 Å². The molecule has 8 nitrogen and oxygen atoms in total. The molecule has 0 aliphatic carbocycles. The fraction of sp³-hybridized carbons (Fsp3) is 0.118. The van der Waals surface area contributed by atoms with Crippen LogP contribution in [0.15, 0.2) is 58.4 Å². The average Bonchev–Trinajstić information content (AvgIpc) is 3.16. The van der Waals surface area contributed by atoms with Gasteiger partial charge >= 0.3 is 6.61 Å². The number of benzene rings is 1. The van der Waals surface area contributed by atoms with Gasteiger partial charge in [0.15, 0.2) is 0 Å². The SMILES string of the molecule is O=C(CSc1nnc(-c2cccnc2)o1)NC(=O)c1ccc(OC(F)F)cc1. The van der Waals surface area contributed by atoms with Crippen LogP contribution in [0.3, 0.4) is 0 Å². The fourth-order valence-corrected chi connectivity index (χ4v) is 2.59. The number of rotatable bonds is 7. The molecule has 0 aliphatic rings. The zero-order valence-electron chi connectivity index (χ0n) is 14.0. The van der Waals surface area contributed by atoms with Crippen molar-refractivity contribution in [1.29, 1.82) is 0 Å². The van der Waals surface area contributed by atoms with Gasteiger partial charge in [-0.1, -0.05) is 11.8 Å². The van der Waals surface area contributed by atoms with Crippen molar-refractivity contribution >= 4 is 23.6 Å². The van der Waals surface area contributed by atoms with Gasteiger partial charge in [0.1, 0.15) is 5.75 Å². The van der Waals surface area contributed by atoms with Crippen molar-refractivity contribution in [2.24, 2.45) is 0 Å². The van der Waals surface area contributed by atoms with Crippen LogP contribution in [0.4, 0.5) is 8.78 Å². The Hall–Kier alpha value is -3.34. The first-order valence-electron chi connectivity index (χ1n) is 7.77. The summed E-state index contributed by atoms with van der Waals surface area (Å²) < 4.78 is 33.8. The number of carbonyl (C=O) groups is 2. The van der Waals surface area contributed by atoms with Gasteiger partial charge in [-0.25, -0.2) is 0 Å². The summed E-state index contributed by atoms with van der Waals surface area (Å²) in [6.07, 6.45) is 3.17. The van der Waals surface area contributed by atoms with Crippen LogP contribution >= 0.6 is 11.8 Å². The van der Waals surface area contributed by atoms with Crippen LogP contribution < -0.4 is 10.1 Å². The van der Waals surface area contributed by atoms with Crippen molar-refractivity contribution < 1.29 is 27.5 Å². The van der Waals surface area contributed by atoms with Crippen molar-refractivity contribution in [1.82, 2.24) is 20.5 Å². The van der Waals surface area contributed by atoms with Gasteiger partial charge in [0.05, 0.1) is 11.3 Å². The van der Waals surface area contributed by atoms with Gasteiger partial charge in [0.25, 0.3) is 11.1 Å². The molecule has 2 aromatic heterocycles. The minimum Gasteiger partial charge on any atom is -0.435 e. The first-order valence-corrected chi connectivity index (χ1v) is 8.75. The van der Waals surface area contributed by atoms with Gasteiger partial charge in [-0.2, -0.15) is 8.78 Å². The maximum atomic E-state index is 12.1. The molecule has 144 valence electrons. The number of nitrogens with one attached hydrogen (secondary N) is 1. The Labute approximate surface area is 161 Å². The highest BCUT2D eigenvalue weighted by Crippen LogP contribution is 2.22. The molecular weight excluding hydrogens is 394 g/mol. The minimum atomic E-state index is -2.96. The number of halogens is 2. The zero-order valence-corrected chi connectivity index (χ0v) is 14.9. The van der Waals surface area contributed by atoms with Gasteiger partial charge in [-0.3, -0.25) is 19.9 Å². The second kappa shape index (κ2) is 9.04. The van der Waals surface area contributed by atoms with E-state index >= 15 is 0 Å². The lowest BCUT2D eigenvalue weighted by Gasteiger charge is -2.06.